The van der Waals surface area contributed by atoms with E-state index in [1.165, 1.54) is 17.0 Å². The van der Waals surface area contributed by atoms with Crippen molar-refractivity contribution in [3.63, 3.8) is 0 Å². The molecule has 3 rings (SSSR count). The molecule has 0 radical (unpaired) electrons. The highest BCUT2D eigenvalue weighted by Gasteiger charge is 2.39. The molecule has 2 aromatic heterocycles. The van der Waals surface area contributed by atoms with Gasteiger partial charge in [0.15, 0.2) is 11.5 Å². The Balaban J connectivity index is 1.70. The maximum Gasteiger partial charge on any atom is 0.435 e. The van der Waals surface area contributed by atoms with Gasteiger partial charge in [0, 0.05) is 17.8 Å². The van der Waals surface area contributed by atoms with Gasteiger partial charge >= 0.3 is 6.18 Å². The Morgan fingerprint density at radius 2 is 2.13 bits per heavy atom. The fraction of sp³-hybridized carbons (Fsp3) is 0.467. The van der Waals surface area contributed by atoms with Gasteiger partial charge in [-0.3, -0.25) is 9.48 Å². The SMILES string of the molecule is O=C(NCCn1nc(C(F)(F)F)c2c1CCCC2)c1ccco1. The minimum atomic E-state index is -4.44. The number of hydrogen-bond acceptors (Lipinski definition) is 3. The summed E-state index contributed by atoms with van der Waals surface area (Å²) in [7, 11) is 0. The second-order valence-corrected chi connectivity index (χ2v) is 5.44. The molecule has 0 unspecified atom stereocenters. The molecule has 0 fully saturated rings. The molecule has 1 aliphatic carbocycles. The zero-order valence-electron chi connectivity index (χ0n) is 12.3. The van der Waals surface area contributed by atoms with Gasteiger partial charge < -0.3 is 9.73 Å². The third-order valence-electron chi connectivity index (χ3n) is 3.88. The smallest absolute Gasteiger partial charge is 0.435 e. The van der Waals surface area contributed by atoms with Gasteiger partial charge in [-0.05, 0) is 37.8 Å². The van der Waals surface area contributed by atoms with Crippen LogP contribution >= 0.6 is 0 Å². The average molecular weight is 327 g/mol. The molecular formula is C15H16F3N3O2. The number of rotatable bonds is 4. The lowest BCUT2D eigenvalue weighted by molar-refractivity contribution is -0.142. The van der Waals surface area contributed by atoms with Gasteiger partial charge in [0.1, 0.15) is 0 Å². The maximum atomic E-state index is 13.1. The Bertz CT molecular complexity index is 690. The summed E-state index contributed by atoms with van der Waals surface area (Å²) >= 11 is 0. The molecule has 0 atom stereocenters. The van der Waals surface area contributed by atoms with Gasteiger partial charge in [0.25, 0.3) is 5.91 Å². The molecule has 5 nitrogen and oxygen atoms in total. The van der Waals surface area contributed by atoms with Crippen LogP contribution in [-0.4, -0.2) is 22.2 Å². The first-order chi connectivity index (χ1) is 11.0. The lowest BCUT2D eigenvalue weighted by atomic mass is 9.95. The van der Waals surface area contributed by atoms with Gasteiger partial charge in [-0.2, -0.15) is 18.3 Å². The molecule has 0 saturated heterocycles. The number of nitrogens with zero attached hydrogens (tertiary/aromatic N) is 2. The van der Waals surface area contributed by atoms with E-state index in [-0.39, 0.29) is 18.8 Å². The molecule has 0 aromatic carbocycles. The molecule has 1 aliphatic rings. The normalized spacial score (nSPS) is 14.6. The van der Waals surface area contributed by atoms with E-state index in [2.05, 4.69) is 10.4 Å². The summed E-state index contributed by atoms with van der Waals surface area (Å²) in [5.41, 5.74) is 0.154. The summed E-state index contributed by atoms with van der Waals surface area (Å²) in [4.78, 5) is 11.7. The second-order valence-electron chi connectivity index (χ2n) is 5.44. The number of carbonyl (C=O) groups is 1. The number of hydrogen-bond donors (Lipinski definition) is 1. The quantitative estimate of drug-likeness (QED) is 0.939. The van der Waals surface area contributed by atoms with E-state index in [0.717, 1.165) is 12.8 Å². The molecular weight excluding hydrogens is 311 g/mol. The molecule has 0 spiro atoms. The highest BCUT2D eigenvalue weighted by molar-refractivity contribution is 5.91. The predicted molar refractivity (Wildman–Crippen MR) is 74.9 cm³/mol. The monoisotopic (exact) mass is 327 g/mol. The van der Waals surface area contributed by atoms with Gasteiger partial charge in [-0.15, -0.1) is 0 Å². The van der Waals surface area contributed by atoms with Crippen molar-refractivity contribution in [3.8, 4) is 0 Å². The average Bonchev–Trinajstić information content (AvgIpc) is 3.14. The van der Waals surface area contributed by atoms with Crippen LogP contribution in [-0.2, 0) is 25.6 Å². The van der Waals surface area contributed by atoms with Crippen LogP contribution in [0.2, 0.25) is 0 Å². The molecule has 2 aromatic rings. The lowest BCUT2D eigenvalue weighted by Gasteiger charge is -2.14. The van der Waals surface area contributed by atoms with E-state index in [0.29, 0.717) is 24.1 Å². The number of alkyl halides is 3. The van der Waals surface area contributed by atoms with E-state index in [4.69, 9.17) is 4.42 Å². The summed E-state index contributed by atoms with van der Waals surface area (Å²) in [5, 5.41) is 6.35. The number of carbonyl (C=O) groups excluding carboxylic acids is 1. The zero-order valence-corrected chi connectivity index (χ0v) is 12.3. The third-order valence-corrected chi connectivity index (χ3v) is 3.88. The number of amides is 1. The number of fused-ring (bicyclic) bond motifs is 1. The number of halogens is 3. The van der Waals surface area contributed by atoms with Gasteiger partial charge in [-0.25, -0.2) is 0 Å². The van der Waals surface area contributed by atoms with Crippen molar-refractivity contribution in [2.24, 2.45) is 0 Å². The summed E-state index contributed by atoms with van der Waals surface area (Å²) in [6.45, 7) is 0.385. The van der Waals surface area contributed by atoms with Crippen molar-refractivity contribution in [2.75, 3.05) is 6.54 Å². The molecule has 0 bridgehead atoms. The van der Waals surface area contributed by atoms with Crippen molar-refractivity contribution >= 4 is 5.91 Å². The van der Waals surface area contributed by atoms with Gasteiger partial charge in [0.05, 0.1) is 12.8 Å². The Hall–Kier alpha value is -2.25. The molecule has 0 saturated carbocycles. The molecule has 1 amide bonds. The molecule has 8 heteroatoms. The lowest BCUT2D eigenvalue weighted by Crippen LogP contribution is -2.28. The first kappa shape index (κ1) is 15.6. The van der Waals surface area contributed by atoms with Crippen LogP contribution in [0.1, 0.15) is 40.3 Å². The number of nitrogens with one attached hydrogen (secondary N) is 1. The van der Waals surface area contributed by atoms with E-state index >= 15 is 0 Å². The molecule has 23 heavy (non-hydrogen) atoms. The summed E-state index contributed by atoms with van der Waals surface area (Å²) in [5.74, 6) is -0.226. The van der Waals surface area contributed by atoms with Gasteiger partial charge in [0.2, 0.25) is 0 Å². The standard InChI is InChI=1S/C15H16F3N3O2/c16-15(17,18)13-10-4-1-2-5-11(10)21(20-13)8-7-19-14(22)12-6-3-9-23-12/h3,6,9H,1-2,4-5,7-8H2,(H,19,22). The van der Waals surface area contributed by atoms with Crippen molar-refractivity contribution in [2.45, 2.75) is 38.4 Å². The molecule has 2 heterocycles. The predicted octanol–water partition coefficient (Wildman–Crippen LogP) is 2.80. The molecule has 1 N–H and O–H groups in total. The van der Waals surface area contributed by atoms with Crippen LogP contribution in [0.4, 0.5) is 13.2 Å². The van der Waals surface area contributed by atoms with Crippen molar-refractivity contribution in [3.05, 3.63) is 41.1 Å². The van der Waals surface area contributed by atoms with Crippen LogP contribution in [0.25, 0.3) is 0 Å². The first-order valence-corrected chi connectivity index (χ1v) is 7.44. The van der Waals surface area contributed by atoms with Crippen LogP contribution < -0.4 is 5.32 Å². The Morgan fingerprint density at radius 1 is 1.35 bits per heavy atom. The number of furan rings is 1. The number of aromatic nitrogens is 2. The van der Waals surface area contributed by atoms with Crippen LogP contribution in [0.3, 0.4) is 0 Å². The minimum absolute atomic E-state index is 0.170. The topological polar surface area (TPSA) is 60.1 Å². The Kier molecular flexibility index (Phi) is 4.14. The van der Waals surface area contributed by atoms with Crippen LogP contribution in [0.15, 0.2) is 22.8 Å². The summed E-state index contributed by atoms with van der Waals surface area (Å²) < 4.78 is 45.5. The van der Waals surface area contributed by atoms with E-state index in [1.54, 1.807) is 6.07 Å². The van der Waals surface area contributed by atoms with Gasteiger partial charge in [-0.1, -0.05) is 0 Å². The highest BCUT2D eigenvalue weighted by Crippen LogP contribution is 2.35. The largest absolute Gasteiger partial charge is 0.459 e. The van der Waals surface area contributed by atoms with Crippen LogP contribution in [0, 0.1) is 0 Å². The van der Waals surface area contributed by atoms with E-state index in [1.807, 2.05) is 0 Å². The minimum Gasteiger partial charge on any atom is -0.459 e. The van der Waals surface area contributed by atoms with Crippen molar-refractivity contribution in [1.29, 1.82) is 0 Å². The summed E-state index contributed by atoms with van der Waals surface area (Å²) in [6, 6.07) is 3.11. The third kappa shape index (κ3) is 3.25. The van der Waals surface area contributed by atoms with E-state index < -0.39 is 17.8 Å². The zero-order chi connectivity index (χ0) is 16.4. The highest BCUT2D eigenvalue weighted by atomic mass is 19.4. The Labute approximate surface area is 130 Å². The fourth-order valence-corrected chi connectivity index (χ4v) is 2.85. The first-order valence-electron chi connectivity index (χ1n) is 7.44. The summed E-state index contributed by atoms with van der Waals surface area (Å²) in [6.07, 6.45) is -0.461. The fourth-order valence-electron chi connectivity index (χ4n) is 2.85. The van der Waals surface area contributed by atoms with Crippen molar-refractivity contribution < 1.29 is 22.4 Å². The van der Waals surface area contributed by atoms with Crippen LogP contribution in [0.5, 0.6) is 0 Å². The van der Waals surface area contributed by atoms with E-state index in [9.17, 15) is 18.0 Å². The maximum absolute atomic E-state index is 13.1. The molecule has 124 valence electrons. The second kappa shape index (κ2) is 6.10. The molecule has 0 aliphatic heterocycles. The van der Waals surface area contributed by atoms with Crippen molar-refractivity contribution in [1.82, 2.24) is 15.1 Å². The Morgan fingerprint density at radius 3 is 2.83 bits per heavy atom.